The van der Waals surface area contributed by atoms with E-state index in [1.54, 1.807) is 6.20 Å². The Labute approximate surface area is 115 Å². The van der Waals surface area contributed by atoms with Gasteiger partial charge < -0.3 is 0 Å². The average Bonchev–Trinajstić information content (AvgIpc) is 2.28. The molecule has 3 heteroatoms. The van der Waals surface area contributed by atoms with Crippen molar-refractivity contribution in [2.24, 2.45) is 11.3 Å². The number of nitrogens with zero attached hydrogens (tertiary/aromatic N) is 2. The van der Waals surface area contributed by atoms with Gasteiger partial charge in [0.15, 0.2) is 0 Å². The minimum atomic E-state index is 0.445. The molecule has 100 valence electrons. The number of likely N-dealkylation sites (tertiary alicyclic amines) is 1. The van der Waals surface area contributed by atoms with Crippen molar-refractivity contribution in [2.45, 2.75) is 40.2 Å². The second-order valence-corrected chi connectivity index (χ2v) is 6.82. The van der Waals surface area contributed by atoms with Crippen molar-refractivity contribution in [1.29, 1.82) is 0 Å². The van der Waals surface area contributed by atoms with Crippen molar-refractivity contribution in [1.82, 2.24) is 9.88 Å². The molecule has 1 aromatic heterocycles. The molecule has 1 saturated heterocycles. The van der Waals surface area contributed by atoms with Crippen LogP contribution in [0, 0.1) is 11.3 Å². The Bertz CT molecular complexity index is 390. The maximum atomic E-state index is 5.99. The molecule has 0 aromatic carbocycles. The number of rotatable bonds is 2. The van der Waals surface area contributed by atoms with Gasteiger partial charge in [-0.2, -0.15) is 0 Å². The van der Waals surface area contributed by atoms with Gasteiger partial charge in [0, 0.05) is 17.8 Å². The predicted octanol–water partition coefficient (Wildman–Crippen LogP) is 3.99. The molecular weight excluding hydrogens is 244 g/mol. The Balaban J connectivity index is 1.87. The highest BCUT2D eigenvalue weighted by atomic mass is 35.5. The molecule has 0 unspecified atom stereocenters. The highest BCUT2D eigenvalue weighted by Gasteiger charge is 2.28. The fraction of sp³-hybridized carbons (Fsp3) is 0.667. The van der Waals surface area contributed by atoms with Crippen LogP contribution in [-0.4, -0.2) is 23.0 Å². The van der Waals surface area contributed by atoms with Crippen LogP contribution in [-0.2, 0) is 6.54 Å². The van der Waals surface area contributed by atoms with E-state index in [-0.39, 0.29) is 0 Å². The molecule has 0 N–H and O–H groups in total. The molecule has 1 aliphatic heterocycles. The van der Waals surface area contributed by atoms with Gasteiger partial charge in [-0.3, -0.25) is 9.88 Å². The first-order chi connectivity index (χ1) is 8.45. The summed E-state index contributed by atoms with van der Waals surface area (Å²) in [6.45, 7) is 10.3. The van der Waals surface area contributed by atoms with Crippen LogP contribution in [0.3, 0.4) is 0 Å². The van der Waals surface area contributed by atoms with Crippen molar-refractivity contribution >= 4 is 11.6 Å². The molecule has 0 bridgehead atoms. The Morgan fingerprint density at radius 1 is 1.33 bits per heavy atom. The minimum Gasteiger partial charge on any atom is -0.297 e. The van der Waals surface area contributed by atoms with Gasteiger partial charge in [-0.15, -0.1) is 0 Å². The monoisotopic (exact) mass is 266 g/mol. The van der Waals surface area contributed by atoms with E-state index in [4.69, 9.17) is 11.6 Å². The first-order valence-electron chi connectivity index (χ1n) is 6.78. The van der Waals surface area contributed by atoms with Crippen molar-refractivity contribution in [3.05, 3.63) is 29.0 Å². The van der Waals surface area contributed by atoms with Crippen molar-refractivity contribution in [3.8, 4) is 0 Å². The summed E-state index contributed by atoms with van der Waals surface area (Å²) in [5.41, 5.74) is 1.53. The van der Waals surface area contributed by atoms with Gasteiger partial charge >= 0.3 is 0 Å². The third-order valence-corrected chi connectivity index (χ3v) is 4.21. The molecule has 1 aromatic rings. The smallest absolute Gasteiger partial charge is 0.0558 e. The second-order valence-electron chi connectivity index (χ2n) is 6.38. The van der Waals surface area contributed by atoms with Gasteiger partial charge in [-0.05, 0) is 49.4 Å². The normalized spacial score (nSPS) is 19.1. The lowest BCUT2D eigenvalue weighted by Crippen LogP contribution is -2.37. The van der Waals surface area contributed by atoms with Crippen LogP contribution in [0.2, 0.25) is 5.02 Å². The van der Waals surface area contributed by atoms with E-state index in [2.05, 4.69) is 30.7 Å². The third-order valence-electron chi connectivity index (χ3n) is 3.98. The first-order valence-corrected chi connectivity index (χ1v) is 7.16. The summed E-state index contributed by atoms with van der Waals surface area (Å²) in [5, 5.41) is 0.782. The average molecular weight is 267 g/mol. The van der Waals surface area contributed by atoms with Crippen LogP contribution >= 0.6 is 11.6 Å². The van der Waals surface area contributed by atoms with E-state index in [1.165, 1.54) is 25.9 Å². The topological polar surface area (TPSA) is 16.1 Å². The summed E-state index contributed by atoms with van der Waals surface area (Å²) in [7, 11) is 0. The molecule has 0 atom stereocenters. The van der Waals surface area contributed by atoms with Crippen LogP contribution < -0.4 is 0 Å². The van der Waals surface area contributed by atoms with E-state index in [0.29, 0.717) is 5.41 Å². The fourth-order valence-corrected chi connectivity index (χ4v) is 2.90. The fourth-order valence-electron chi connectivity index (χ4n) is 2.72. The Morgan fingerprint density at radius 2 is 2.00 bits per heavy atom. The lowest BCUT2D eigenvalue weighted by Gasteiger charge is -2.38. The molecule has 2 nitrogen and oxygen atoms in total. The Hall–Kier alpha value is -0.600. The molecule has 0 amide bonds. The van der Waals surface area contributed by atoms with Crippen LogP contribution in [0.25, 0.3) is 0 Å². The maximum Gasteiger partial charge on any atom is 0.0558 e. The Kier molecular flexibility index (Phi) is 4.29. The number of halogens is 1. The number of hydrogen-bond donors (Lipinski definition) is 0. The summed E-state index contributed by atoms with van der Waals surface area (Å²) in [4.78, 5) is 6.86. The quantitative estimate of drug-likeness (QED) is 0.805. The standard InChI is InChI=1S/C15H23ClN2/c1-15(2,3)12-5-8-18(9-6-12)11-14-10-13(16)4-7-17-14/h4,7,10,12H,5-6,8-9,11H2,1-3H3. The molecule has 1 fully saturated rings. The number of hydrogen-bond acceptors (Lipinski definition) is 2. The molecule has 2 rings (SSSR count). The van der Waals surface area contributed by atoms with Crippen LogP contribution in [0.4, 0.5) is 0 Å². The first kappa shape index (κ1) is 13.8. The summed E-state index contributed by atoms with van der Waals surface area (Å²) < 4.78 is 0. The van der Waals surface area contributed by atoms with Gasteiger partial charge in [-0.1, -0.05) is 32.4 Å². The van der Waals surface area contributed by atoms with Gasteiger partial charge in [0.2, 0.25) is 0 Å². The number of aromatic nitrogens is 1. The molecular formula is C15H23ClN2. The SMILES string of the molecule is CC(C)(C)C1CCN(Cc2cc(Cl)ccn2)CC1. The minimum absolute atomic E-state index is 0.445. The largest absolute Gasteiger partial charge is 0.297 e. The second kappa shape index (κ2) is 5.58. The molecule has 2 heterocycles. The van der Waals surface area contributed by atoms with E-state index >= 15 is 0 Å². The van der Waals surface area contributed by atoms with E-state index in [1.807, 2.05) is 12.1 Å². The lowest BCUT2D eigenvalue weighted by molar-refractivity contribution is 0.107. The lowest BCUT2D eigenvalue weighted by atomic mass is 9.75. The zero-order chi connectivity index (χ0) is 13.2. The zero-order valence-electron chi connectivity index (χ0n) is 11.6. The molecule has 18 heavy (non-hydrogen) atoms. The zero-order valence-corrected chi connectivity index (χ0v) is 12.4. The molecule has 0 spiro atoms. The molecule has 0 saturated carbocycles. The van der Waals surface area contributed by atoms with Crippen LogP contribution in [0.1, 0.15) is 39.3 Å². The summed E-state index contributed by atoms with van der Waals surface area (Å²) in [6, 6.07) is 3.80. The molecule has 0 aliphatic carbocycles. The summed E-state index contributed by atoms with van der Waals surface area (Å²) in [5.74, 6) is 0.848. The number of pyridine rings is 1. The van der Waals surface area contributed by atoms with E-state index < -0.39 is 0 Å². The van der Waals surface area contributed by atoms with Crippen molar-refractivity contribution in [3.63, 3.8) is 0 Å². The highest BCUT2D eigenvalue weighted by Crippen LogP contribution is 2.34. The van der Waals surface area contributed by atoms with Gasteiger partial charge in [0.1, 0.15) is 0 Å². The number of piperidine rings is 1. The van der Waals surface area contributed by atoms with Gasteiger partial charge in [0.05, 0.1) is 5.69 Å². The van der Waals surface area contributed by atoms with E-state index in [9.17, 15) is 0 Å². The molecule has 1 aliphatic rings. The summed E-state index contributed by atoms with van der Waals surface area (Å²) >= 11 is 5.99. The van der Waals surface area contributed by atoms with Crippen molar-refractivity contribution < 1.29 is 0 Å². The van der Waals surface area contributed by atoms with Crippen LogP contribution in [0.15, 0.2) is 18.3 Å². The van der Waals surface area contributed by atoms with E-state index in [0.717, 1.165) is 23.2 Å². The van der Waals surface area contributed by atoms with Crippen LogP contribution in [0.5, 0.6) is 0 Å². The maximum absolute atomic E-state index is 5.99. The molecule has 0 radical (unpaired) electrons. The predicted molar refractivity (Wildman–Crippen MR) is 76.7 cm³/mol. The third kappa shape index (κ3) is 3.69. The van der Waals surface area contributed by atoms with Gasteiger partial charge in [-0.25, -0.2) is 0 Å². The Morgan fingerprint density at radius 3 is 2.56 bits per heavy atom. The highest BCUT2D eigenvalue weighted by molar-refractivity contribution is 6.30. The summed E-state index contributed by atoms with van der Waals surface area (Å²) in [6.07, 6.45) is 4.38. The van der Waals surface area contributed by atoms with Gasteiger partial charge in [0.25, 0.3) is 0 Å². The van der Waals surface area contributed by atoms with Crippen molar-refractivity contribution in [2.75, 3.05) is 13.1 Å².